The summed E-state index contributed by atoms with van der Waals surface area (Å²) in [5, 5.41) is 12.1. The minimum atomic E-state index is -0.348. The third-order valence-corrected chi connectivity index (χ3v) is 8.00. The molecule has 29 heavy (non-hydrogen) atoms. The maximum absolute atomic E-state index is 13.2. The molecule has 4 aliphatic rings. The lowest BCUT2D eigenvalue weighted by Gasteiger charge is -2.55. The molecular formula is C21H32N4O3S. The molecule has 1 amide bonds. The van der Waals surface area contributed by atoms with Crippen molar-refractivity contribution in [3.63, 3.8) is 0 Å². The van der Waals surface area contributed by atoms with Crippen molar-refractivity contribution in [2.75, 3.05) is 6.61 Å². The summed E-state index contributed by atoms with van der Waals surface area (Å²) < 4.78 is 7.05. The fourth-order valence-electron chi connectivity index (χ4n) is 6.06. The number of nitrogens with zero attached hydrogens (tertiary/aromatic N) is 3. The van der Waals surface area contributed by atoms with E-state index in [1.807, 2.05) is 18.4 Å². The summed E-state index contributed by atoms with van der Waals surface area (Å²) in [6.45, 7) is 7.07. The molecule has 0 aromatic carbocycles. The van der Waals surface area contributed by atoms with Crippen molar-refractivity contribution in [2.45, 2.75) is 82.8 Å². The van der Waals surface area contributed by atoms with Gasteiger partial charge in [0.05, 0.1) is 13.2 Å². The van der Waals surface area contributed by atoms with Gasteiger partial charge in [-0.1, -0.05) is 11.8 Å². The first-order valence-corrected chi connectivity index (χ1v) is 11.9. The van der Waals surface area contributed by atoms with Crippen LogP contribution in [0.3, 0.4) is 0 Å². The molecule has 4 fully saturated rings. The van der Waals surface area contributed by atoms with E-state index >= 15 is 0 Å². The van der Waals surface area contributed by atoms with Gasteiger partial charge in [-0.25, -0.2) is 0 Å². The smallest absolute Gasteiger partial charge is 0.319 e. The Morgan fingerprint density at radius 2 is 1.79 bits per heavy atom. The lowest BCUT2D eigenvalue weighted by atomic mass is 9.49. The van der Waals surface area contributed by atoms with Crippen molar-refractivity contribution in [3.05, 3.63) is 5.82 Å². The minimum absolute atomic E-state index is 0.151. The topological polar surface area (TPSA) is 86.1 Å². The van der Waals surface area contributed by atoms with Crippen LogP contribution in [0, 0.1) is 23.2 Å². The Bertz CT molecular complexity index is 743. The van der Waals surface area contributed by atoms with Gasteiger partial charge in [0.25, 0.3) is 0 Å². The van der Waals surface area contributed by atoms with Gasteiger partial charge < -0.3 is 14.6 Å². The first kappa shape index (κ1) is 20.7. The van der Waals surface area contributed by atoms with Gasteiger partial charge in [0.2, 0.25) is 5.91 Å². The molecule has 1 aromatic heterocycles. The van der Waals surface area contributed by atoms with Crippen molar-refractivity contribution in [2.24, 2.45) is 23.2 Å². The Balaban J connectivity index is 1.39. The molecule has 8 heteroatoms. The minimum Gasteiger partial charge on any atom is -0.465 e. The van der Waals surface area contributed by atoms with Crippen LogP contribution in [-0.2, 0) is 27.4 Å². The zero-order chi connectivity index (χ0) is 20.6. The van der Waals surface area contributed by atoms with Crippen LogP contribution in [0.25, 0.3) is 0 Å². The second-order valence-corrected chi connectivity index (χ2v) is 10.3. The van der Waals surface area contributed by atoms with Crippen LogP contribution in [0.5, 0.6) is 0 Å². The molecule has 0 radical (unpaired) electrons. The van der Waals surface area contributed by atoms with Gasteiger partial charge in [0.15, 0.2) is 11.0 Å². The van der Waals surface area contributed by atoms with Gasteiger partial charge >= 0.3 is 5.97 Å². The largest absolute Gasteiger partial charge is 0.465 e. The van der Waals surface area contributed by atoms with Crippen LogP contribution in [0.4, 0.5) is 0 Å². The first-order chi connectivity index (χ1) is 13.9. The maximum atomic E-state index is 13.2. The standard InChI is InChI=1S/C21H32N4O3S/c1-4-25-17(23-24-20(25)29-13(3)18(26)28-5-2)12-22-19(27)21-9-14-6-15(10-21)8-16(7-14)11-21/h13-16H,4-12H2,1-3H3,(H,22,27)/t13-,14?,15?,16?,21?/m1/s1. The predicted octanol–water partition coefficient (Wildman–Crippen LogP) is 3.17. The number of thioether (sulfide) groups is 1. The van der Waals surface area contributed by atoms with Crippen molar-refractivity contribution < 1.29 is 14.3 Å². The average Bonchev–Trinajstić information content (AvgIpc) is 3.06. The molecule has 4 bridgehead atoms. The van der Waals surface area contributed by atoms with E-state index < -0.39 is 0 Å². The number of aromatic nitrogens is 3. The quantitative estimate of drug-likeness (QED) is 0.513. The molecule has 1 aromatic rings. The van der Waals surface area contributed by atoms with E-state index in [1.54, 1.807) is 6.92 Å². The molecule has 0 aliphatic heterocycles. The average molecular weight is 421 g/mol. The number of carbonyl (C=O) groups excluding carboxylic acids is 2. The Morgan fingerprint density at radius 3 is 2.34 bits per heavy atom. The Morgan fingerprint density at radius 1 is 1.17 bits per heavy atom. The van der Waals surface area contributed by atoms with Crippen LogP contribution < -0.4 is 5.32 Å². The molecule has 1 heterocycles. The summed E-state index contributed by atoms with van der Waals surface area (Å²) in [6, 6.07) is 0. The SMILES string of the molecule is CCOC(=O)[C@@H](C)Sc1nnc(CNC(=O)C23CC4CC(CC(C4)C2)C3)n1CC. The van der Waals surface area contributed by atoms with E-state index in [-0.39, 0.29) is 22.5 Å². The molecule has 0 saturated heterocycles. The summed E-state index contributed by atoms with van der Waals surface area (Å²) in [5.74, 6) is 2.94. The van der Waals surface area contributed by atoms with E-state index in [1.165, 1.54) is 31.0 Å². The number of rotatable bonds is 8. The van der Waals surface area contributed by atoms with E-state index in [9.17, 15) is 9.59 Å². The number of amides is 1. The highest BCUT2D eigenvalue weighted by Gasteiger charge is 2.54. The van der Waals surface area contributed by atoms with Gasteiger partial charge in [-0.05, 0) is 77.0 Å². The molecule has 160 valence electrons. The highest BCUT2D eigenvalue weighted by atomic mass is 32.2. The number of hydrogen-bond donors (Lipinski definition) is 1. The first-order valence-electron chi connectivity index (χ1n) is 11.0. The highest BCUT2D eigenvalue weighted by Crippen LogP contribution is 2.60. The van der Waals surface area contributed by atoms with Crippen LogP contribution in [0.15, 0.2) is 5.16 Å². The molecule has 0 unspecified atom stereocenters. The highest BCUT2D eigenvalue weighted by molar-refractivity contribution is 8.00. The third kappa shape index (κ3) is 4.05. The molecule has 4 saturated carbocycles. The Labute approximate surface area is 176 Å². The monoisotopic (exact) mass is 420 g/mol. The molecule has 0 spiro atoms. The predicted molar refractivity (Wildman–Crippen MR) is 110 cm³/mol. The molecule has 1 N–H and O–H groups in total. The number of ether oxygens (including phenoxy) is 1. The van der Waals surface area contributed by atoms with E-state index in [0.29, 0.717) is 24.9 Å². The molecule has 7 nitrogen and oxygen atoms in total. The second-order valence-electron chi connectivity index (χ2n) is 9.04. The van der Waals surface area contributed by atoms with Crippen LogP contribution in [0.2, 0.25) is 0 Å². The van der Waals surface area contributed by atoms with Crippen LogP contribution in [-0.4, -0.2) is 38.5 Å². The summed E-state index contributed by atoms with van der Waals surface area (Å²) in [7, 11) is 0. The van der Waals surface area contributed by atoms with Gasteiger partial charge in [-0.15, -0.1) is 10.2 Å². The lowest BCUT2D eigenvalue weighted by molar-refractivity contribution is -0.146. The van der Waals surface area contributed by atoms with Gasteiger partial charge in [0.1, 0.15) is 5.25 Å². The second kappa shape index (κ2) is 8.28. The van der Waals surface area contributed by atoms with Crippen LogP contribution >= 0.6 is 11.8 Å². The van der Waals surface area contributed by atoms with Gasteiger partial charge in [-0.3, -0.25) is 9.59 Å². The maximum Gasteiger partial charge on any atom is 0.319 e. The summed E-state index contributed by atoms with van der Waals surface area (Å²) in [5.41, 5.74) is -0.151. The van der Waals surface area contributed by atoms with Gasteiger partial charge in [-0.2, -0.15) is 0 Å². The van der Waals surface area contributed by atoms with E-state index in [0.717, 1.165) is 42.8 Å². The van der Waals surface area contributed by atoms with Crippen LogP contribution in [0.1, 0.15) is 65.1 Å². The molecule has 5 rings (SSSR count). The fraction of sp³-hybridized carbons (Fsp3) is 0.810. The number of nitrogens with one attached hydrogen (secondary N) is 1. The Kier molecular flexibility index (Phi) is 5.91. The zero-order valence-corrected chi connectivity index (χ0v) is 18.5. The summed E-state index contributed by atoms with van der Waals surface area (Å²) in [6.07, 6.45) is 7.16. The number of hydrogen-bond acceptors (Lipinski definition) is 6. The third-order valence-electron chi connectivity index (χ3n) is 6.94. The Hall–Kier alpha value is -1.57. The summed E-state index contributed by atoms with van der Waals surface area (Å²) in [4.78, 5) is 25.1. The van der Waals surface area contributed by atoms with Gasteiger partial charge in [0, 0.05) is 12.0 Å². The van der Waals surface area contributed by atoms with Crippen molar-refractivity contribution >= 4 is 23.6 Å². The van der Waals surface area contributed by atoms with Crippen molar-refractivity contribution in [1.82, 2.24) is 20.1 Å². The zero-order valence-electron chi connectivity index (χ0n) is 17.6. The van der Waals surface area contributed by atoms with Crippen molar-refractivity contribution in [1.29, 1.82) is 0 Å². The summed E-state index contributed by atoms with van der Waals surface area (Å²) >= 11 is 1.35. The normalized spacial score (nSPS) is 30.9. The lowest BCUT2D eigenvalue weighted by Crippen LogP contribution is -2.53. The molecule has 4 aliphatic carbocycles. The number of carbonyl (C=O) groups is 2. The van der Waals surface area contributed by atoms with E-state index in [2.05, 4.69) is 15.5 Å². The fourth-order valence-corrected chi connectivity index (χ4v) is 6.99. The van der Waals surface area contributed by atoms with E-state index in [4.69, 9.17) is 4.74 Å². The molecular weight excluding hydrogens is 388 g/mol. The molecule has 1 atom stereocenters. The van der Waals surface area contributed by atoms with Crippen molar-refractivity contribution in [3.8, 4) is 0 Å². The number of esters is 1.